The zero-order chi connectivity index (χ0) is 19.8. The summed E-state index contributed by atoms with van der Waals surface area (Å²) in [6, 6.07) is 11.9. The highest BCUT2D eigenvalue weighted by atomic mass is 16.6. The van der Waals surface area contributed by atoms with Crippen molar-refractivity contribution in [2.24, 2.45) is 0 Å². The third kappa shape index (κ3) is 5.13. The lowest BCUT2D eigenvalue weighted by Gasteiger charge is -2.17. The van der Waals surface area contributed by atoms with Crippen LogP contribution in [0.4, 0.5) is 16.2 Å². The third-order valence-electron chi connectivity index (χ3n) is 3.78. The van der Waals surface area contributed by atoms with Gasteiger partial charge in [-0.2, -0.15) is 0 Å². The zero-order valence-corrected chi connectivity index (χ0v) is 15.9. The molecule has 0 aliphatic rings. The molecule has 0 spiro atoms. The van der Waals surface area contributed by atoms with Crippen LogP contribution in [-0.2, 0) is 4.74 Å². The smallest absolute Gasteiger partial charge is 0.413 e. The molecule has 0 aliphatic carbocycles. The first-order valence-electron chi connectivity index (χ1n) is 8.62. The van der Waals surface area contributed by atoms with E-state index in [1.54, 1.807) is 63.5 Å². The predicted molar refractivity (Wildman–Crippen MR) is 104 cm³/mol. The average Bonchev–Trinajstić information content (AvgIpc) is 2.68. The SMILES string of the molecule is CCOC(=O)N(C)c1ccc(NC(=O)c2ccc(OC)c(OCC)c2)cc1. The topological polar surface area (TPSA) is 77.1 Å². The van der Waals surface area contributed by atoms with Crippen LogP contribution in [0.1, 0.15) is 24.2 Å². The van der Waals surface area contributed by atoms with Gasteiger partial charge in [0, 0.05) is 24.0 Å². The van der Waals surface area contributed by atoms with Crippen molar-refractivity contribution in [3.05, 3.63) is 48.0 Å². The molecule has 0 saturated carbocycles. The van der Waals surface area contributed by atoms with Crippen LogP contribution < -0.4 is 19.7 Å². The van der Waals surface area contributed by atoms with Crippen LogP contribution in [0, 0.1) is 0 Å². The van der Waals surface area contributed by atoms with Gasteiger partial charge in [0.05, 0.1) is 20.3 Å². The maximum atomic E-state index is 12.5. The van der Waals surface area contributed by atoms with E-state index in [2.05, 4.69) is 5.32 Å². The van der Waals surface area contributed by atoms with Crippen LogP contribution in [0.2, 0.25) is 0 Å². The third-order valence-corrected chi connectivity index (χ3v) is 3.78. The molecule has 0 unspecified atom stereocenters. The number of rotatable bonds is 7. The van der Waals surface area contributed by atoms with Crippen LogP contribution in [0.5, 0.6) is 11.5 Å². The van der Waals surface area contributed by atoms with Crippen LogP contribution in [0.25, 0.3) is 0 Å². The number of benzene rings is 2. The fourth-order valence-corrected chi connectivity index (χ4v) is 2.38. The highest BCUT2D eigenvalue weighted by Gasteiger charge is 2.13. The Morgan fingerprint density at radius 2 is 1.70 bits per heavy atom. The molecule has 7 heteroatoms. The first kappa shape index (κ1) is 20.1. The Balaban J connectivity index is 2.09. The van der Waals surface area contributed by atoms with Crippen LogP contribution in [0.15, 0.2) is 42.5 Å². The van der Waals surface area contributed by atoms with Crippen molar-refractivity contribution in [2.45, 2.75) is 13.8 Å². The first-order chi connectivity index (χ1) is 13.0. The number of nitrogens with zero attached hydrogens (tertiary/aromatic N) is 1. The highest BCUT2D eigenvalue weighted by Crippen LogP contribution is 2.28. The van der Waals surface area contributed by atoms with E-state index < -0.39 is 6.09 Å². The molecule has 2 amide bonds. The fourth-order valence-electron chi connectivity index (χ4n) is 2.38. The molecular weight excluding hydrogens is 348 g/mol. The van der Waals surface area contributed by atoms with Gasteiger partial charge in [0.2, 0.25) is 0 Å². The number of carbonyl (C=O) groups excluding carboxylic acids is 2. The van der Waals surface area contributed by atoms with E-state index in [4.69, 9.17) is 14.2 Å². The molecule has 0 fully saturated rings. The Hall–Kier alpha value is -3.22. The molecule has 144 valence electrons. The van der Waals surface area contributed by atoms with Gasteiger partial charge < -0.3 is 19.5 Å². The number of methoxy groups -OCH3 is 1. The molecule has 0 radical (unpaired) electrons. The minimum Gasteiger partial charge on any atom is -0.493 e. The van der Waals surface area contributed by atoms with E-state index in [1.807, 2.05) is 6.92 Å². The lowest BCUT2D eigenvalue weighted by Crippen LogP contribution is -2.26. The molecule has 0 aromatic heterocycles. The van der Waals surface area contributed by atoms with E-state index in [0.717, 1.165) is 0 Å². The molecule has 2 aromatic rings. The van der Waals surface area contributed by atoms with Gasteiger partial charge in [-0.3, -0.25) is 9.69 Å². The summed E-state index contributed by atoms with van der Waals surface area (Å²) in [5.41, 5.74) is 1.72. The van der Waals surface area contributed by atoms with Crippen molar-refractivity contribution in [1.29, 1.82) is 0 Å². The van der Waals surface area contributed by atoms with E-state index >= 15 is 0 Å². The molecular formula is C20H24N2O5. The molecule has 0 atom stereocenters. The van der Waals surface area contributed by atoms with Gasteiger partial charge in [-0.15, -0.1) is 0 Å². The number of nitrogens with one attached hydrogen (secondary N) is 1. The van der Waals surface area contributed by atoms with Crippen LogP contribution >= 0.6 is 0 Å². The summed E-state index contributed by atoms with van der Waals surface area (Å²) in [4.78, 5) is 25.6. The first-order valence-corrected chi connectivity index (χ1v) is 8.62. The number of amides is 2. The second kappa shape index (κ2) is 9.47. The zero-order valence-electron chi connectivity index (χ0n) is 15.9. The van der Waals surface area contributed by atoms with Gasteiger partial charge in [0.1, 0.15) is 0 Å². The molecule has 27 heavy (non-hydrogen) atoms. The van der Waals surface area contributed by atoms with E-state index in [0.29, 0.717) is 41.7 Å². The standard InChI is InChI=1S/C20H24N2O5/c1-5-26-18-13-14(7-12-17(18)25-4)19(23)21-15-8-10-16(11-9-15)22(3)20(24)27-6-2/h7-13H,5-6H2,1-4H3,(H,21,23). The Morgan fingerprint density at radius 1 is 1.00 bits per heavy atom. The summed E-state index contributed by atoms with van der Waals surface area (Å²) in [6.45, 7) is 4.39. The van der Waals surface area contributed by atoms with Crippen molar-refractivity contribution < 1.29 is 23.8 Å². The summed E-state index contributed by atoms with van der Waals surface area (Å²) in [7, 11) is 3.17. The fraction of sp³-hybridized carbons (Fsp3) is 0.300. The molecule has 2 rings (SSSR count). The second-order valence-electron chi connectivity index (χ2n) is 5.56. The Bertz CT molecular complexity index is 789. The predicted octanol–water partition coefficient (Wildman–Crippen LogP) is 3.94. The van der Waals surface area contributed by atoms with Gasteiger partial charge in [-0.25, -0.2) is 4.79 Å². The van der Waals surface area contributed by atoms with Crippen molar-refractivity contribution in [2.75, 3.05) is 37.6 Å². The molecule has 0 bridgehead atoms. The Morgan fingerprint density at radius 3 is 2.30 bits per heavy atom. The van der Waals surface area contributed by atoms with E-state index in [9.17, 15) is 9.59 Å². The number of hydrogen-bond donors (Lipinski definition) is 1. The number of anilines is 2. The summed E-state index contributed by atoms with van der Waals surface area (Å²) in [5.74, 6) is 0.809. The lowest BCUT2D eigenvalue weighted by molar-refractivity contribution is 0.102. The molecule has 7 nitrogen and oxygen atoms in total. The number of hydrogen-bond acceptors (Lipinski definition) is 5. The van der Waals surface area contributed by atoms with Gasteiger partial charge in [-0.05, 0) is 56.3 Å². The normalized spacial score (nSPS) is 10.1. The van der Waals surface area contributed by atoms with E-state index in [-0.39, 0.29) is 5.91 Å². The summed E-state index contributed by atoms with van der Waals surface area (Å²) in [6.07, 6.45) is -0.434. The molecule has 0 aliphatic heterocycles. The minimum atomic E-state index is -0.434. The molecule has 2 aromatic carbocycles. The van der Waals surface area contributed by atoms with Crippen molar-refractivity contribution in [3.63, 3.8) is 0 Å². The summed E-state index contributed by atoms with van der Waals surface area (Å²) >= 11 is 0. The van der Waals surface area contributed by atoms with Crippen molar-refractivity contribution in [3.8, 4) is 11.5 Å². The minimum absolute atomic E-state index is 0.273. The van der Waals surface area contributed by atoms with Crippen LogP contribution in [-0.4, -0.2) is 39.4 Å². The Labute approximate surface area is 158 Å². The number of carbonyl (C=O) groups is 2. The summed E-state index contributed by atoms with van der Waals surface area (Å²) in [5, 5.41) is 2.82. The van der Waals surface area contributed by atoms with Gasteiger partial charge in [0.15, 0.2) is 11.5 Å². The van der Waals surface area contributed by atoms with Gasteiger partial charge in [-0.1, -0.05) is 0 Å². The second-order valence-corrected chi connectivity index (χ2v) is 5.56. The quantitative estimate of drug-likeness (QED) is 0.797. The highest BCUT2D eigenvalue weighted by molar-refractivity contribution is 6.04. The Kier molecular flexibility index (Phi) is 7.05. The number of ether oxygens (including phenoxy) is 3. The van der Waals surface area contributed by atoms with Crippen molar-refractivity contribution in [1.82, 2.24) is 0 Å². The monoisotopic (exact) mass is 372 g/mol. The van der Waals surface area contributed by atoms with E-state index in [1.165, 1.54) is 4.90 Å². The lowest BCUT2D eigenvalue weighted by atomic mass is 10.1. The molecule has 0 saturated heterocycles. The van der Waals surface area contributed by atoms with Crippen LogP contribution in [0.3, 0.4) is 0 Å². The van der Waals surface area contributed by atoms with Crippen molar-refractivity contribution >= 4 is 23.4 Å². The molecule has 0 heterocycles. The molecule has 1 N–H and O–H groups in total. The maximum absolute atomic E-state index is 12.5. The summed E-state index contributed by atoms with van der Waals surface area (Å²) < 4.78 is 15.7. The van der Waals surface area contributed by atoms with Gasteiger partial charge >= 0.3 is 6.09 Å². The van der Waals surface area contributed by atoms with Gasteiger partial charge in [0.25, 0.3) is 5.91 Å². The largest absolute Gasteiger partial charge is 0.493 e. The average molecular weight is 372 g/mol. The maximum Gasteiger partial charge on any atom is 0.413 e.